The van der Waals surface area contributed by atoms with Crippen molar-refractivity contribution in [3.8, 4) is 0 Å². The fourth-order valence-corrected chi connectivity index (χ4v) is 4.59. The molecule has 1 aliphatic carbocycles. The van der Waals surface area contributed by atoms with Gasteiger partial charge in [-0.25, -0.2) is 8.42 Å². The number of sulfone groups is 1. The van der Waals surface area contributed by atoms with Crippen LogP contribution in [0, 0.1) is 0 Å². The molecule has 2 nitrogen and oxygen atoms in total. The molecular weight excluding hydrogens is 304 g/mol. The van der Waals surface area contributed by atoms with E-state index in [1.54, 1.807) is 12.1 Å². The van der Waals surface area contributed by atoms with Gasteiger partial charge in [0.05, 0.1) is 9.80 Å². The van der Waals surface area contributed by atoms with E-state index in [4.69, 9.17) is 0 Å². The molecule has 0 radical (unpaired) electrons. The first-order valence-electron chi connectivity index (χ1n) is 7.67. The van der Waals surface area contributed by atoms with Gasteiger partial charge in [0.2, 0.25) is 9.84 Å². The third kappa shape index (κ3) is 2.47. The average molecular weight is 320 g/mol. The lowest BCUT2D eigenvalue weighted by Crippen LogP contribution is -2.09. The van der Waals surface area contributed by atoms with E-state index < -0.39 is 9.84 Å². The quantitative estimate of drug-likeness (QED) is 0.691. The second-order valence-electron chi connectivity index (χ2n) is 5.82. The van der Waals surface area contributed by atoms with Gasteiger partial charge in [-0.2, -0.15) is 0 Å². The molecule has 1 aliphatic rings. The standard InChI is InChI=1S/C20H16O2S/c21-23(22,19-11-9-15-5-1-3-7-17(15)13-19)20-12-10-16-6-2-4-8-18(16)14-20/h1-9,11,13-14H,10,12H2. The molecule has 0 saturated heterocycles. The number of hydrogen-bond acceptors (Lipinski definition) is 2. The summed E-state index contributed by atoms with van der Waals surface area (Å²) in [6.07, 6.45) is 3.16. The number of hydrogen-bond donors (Lipinski definition) is 0. The van der Waals surface area contributed by atoms with Crippen LogP contribution >= 0.6 is 0 Å². The predicted molar refractivity (Wildman–Crippen MR) is 93.9 cm³/mol. The van der Waals surface area contributed by atoms with Gasteiger partial charge in [0.15, 0.2) is 0 Å². The fraction of sp³-hybridized carbons (Fsp3) is 0.100. The number of allylic oxidation sites excluding steroid dienone is 1. The highest BCUT2D eigenvalue weighted by Gasteiger charge is 2.23. The Balaban J connectivity index is 1.82. The lowest BCUT2D eigenvalue weighted by atomic mass is 9.98. The zero-order valence-corrected chi connectivity index (χ0v) is 13.4. The van der Waals surface area contributed by atoms with E-state index in [2.05, 4.69) is 6.07 Å². The normalized spacial score (nSPS) is 14.3. The molecule has 4 rings (SSSR count). The summed E-state index contributed by atoms with van der Waals surface area (Å²) in [5, 5.41) is 2.00. The molecule has 0 heterocycles. The Morgan fingerprint density at radius 1 is 0.739 bits per heavy atom. The van der Waals surface area contributed by atoms with E-state index in [0.717, 1.165) is 22.8 Å². The Labute approximate surface area is 136 Å². The monoisotopic (exact) mass is 320 g/mol. The minimum absolute atomic E-state index is 0.377. The van der Waals surface area contributed by atoms with Crippen molar-refractivity contribution in [1.82, 2.24) is 0 Å². The fourth-order valence-electron chi connectivity index (χ4n) is 3.10. The highest BCUT2D eigenvalue weighted by Crippen LogP contribution is 2.31. The SMILES string of the molecule is O=S(=O)(C1=Cc2ccccc2CC1)c1ccc2ccccc2c1. The Morgan fingerprint density at radius 3 is 2.35 bits per heavy atom. The van der Waals surface area contributed by atoms with Crippen LogP contribution < -0.4 is 0 Å². The molecule has 0 fully saturated rings. The molecule has 0 amide bonds. The summed E-state index contributed by atoms with van der Waals surface area (Å²) in [6, 6.07) is 21.1. The summed E-state index contributed by atoms with van der Waals surface area (Å²) in [6.45, 7) is 0. The summed E-state index contributed by atoms with van der Waals surface area (Å²) < 4.78 is 25.9. The van der Waals surface area contributed by atoms with Crippen LogP contribution in [-0.2, 0) is 16.3 Å². The summed E-state index contributed by atoms with van der Waals surface area (Å²) in [4.78, 5) is 0.883. The Bertz CT molecular complexity index is 1030. The van der Waals surface area contributed by atoms with Crippen LogP contribution in [0.3, 0.4) is 0 Å². The largest absolute Gasteiger partial charge is 0.219 e. The molecular formula is C20H16O2S. The van der Waals surface area contributed by atoms with Gasteiger partial charge < -0.3 is 0 Å². The van der Waals surface area contributed by atoms with E-state index in [0.29, 0.717) is 16.2 Å². The third-order valence-corrected chi connectivity index (χ3v) is 6.28. The summed E-state index contributed by atoms with van der Waals surface area (Å²) >= 11 is 0. The Morgan fingerprint density at radius 2 is 1.48 bits per heavy atom. The Kier molecular flexibility index (Phi) is 3.31. The van der Waals surface area contributed by atoms with Gasteiger partial charge in [-0.3, -0.25) is 0 Å². The maximum atomic E-state index is 13.0. The molecule has 3 aromatic rings. The van der Waals surface area contributed by atoms with Crippen molar-refractivity contribution < 1.29 is 8.42 Å². The molecule has 23 heavy (non-hydrogen) atoms. The van der Waals surface area contributed by atoms with Crippen LogP contribution in [0.2, 0.25) is 0 Å². The van der Waals surface area contributed by atoms with Crippen LogP contribution in [0.25, 0.3) is 16.8 Å². The molecule has 0 unspecified atom stereocenters. The van der Waals surface area contributed by atoms with Gasteiger partial charge in [-0.05, 0) is 52.9 Å². The molecule has 0 saturated carbocycles. The highest BCUT2D eigenvalue weighted by molar-refractivity contribution is 7.95. The van der Waals surface area contributed by atoms with E-state index in [1.807, 2.05) is 54.6 Å². The van der Waals surface area contributed by atoms with Gasteiger partial charge in [-0.1, -0.05) is 54.6 Å². The van der Waals surface area contributed by atoms with Gasteiger partial charge in [0, 0.05) is 0 Å². The maximum Gasteiger partial charge on any atom is 0.202 e. The lowest BCUT2D eigenvalue weighted by Gasteiger charge is -2.17. The predicted octanol–water partition coefficient (Wildman–Crippen LogP) is 4.60. The van der Waals surface area contributed by atoms with E-state index in [9.17, 15) is 8.42 Å². The molecule has 3 heteroatoms. The second-order valence-corrected chi connectivity index (χ2v) is 7.82. The molecule has 0 N–H and O–H groups in total. The second kappa shape index (κ2) is 5.36. The third-order valence-electron chi connectivity index (χ3n) is 4.39. The first-order chi connectivity index (χ1) is 11.1. The average Bonchev–Trinajstić information content (AvgIpc) is 2.61. The van der Waals surface area contributed by atoms with Crippen LogP contribution in [0.15, 0.2) is 76.5 Å². The van der Waals surface area contributed by atoms with E-state index in [1.165, 1.54) is 5.56 Å². The molecule has 0 aliphatic heterocycles. The smallest absolute Gasteiger partial charge is 0.202 e. The summed E-state index contributed by atoms with van der Waals surface area (Å²) in [5.41, 5.74) is 2.23. The van der Waals surface area contributed by atoms with Crippen LogP contribution in [0.1, 0.15) is 17.5 Å². The van der Waals surface area contributed by atoms with E-state index >= 15 is 0 Å². The number of aryl methyl sites for hydroxylation is 1. The maximum absolute atomic E-state index is 13.0. The van der Waals surface area contributed by atoms with Gasteiger partial charge in [-0.15, -0.1) is 0 Å². The zero-order chi connectivity index (χ0) is 15.9. The van der Waals surface area contributed by atoms with Crippen molar-refractivity contribution in [1.29, 1.82) is 0 Å². The first-order valence-corrected chi connectivity index (χ1v) is 9.15. The molecule has 0 bridgehead atoms. The first kappa shape index (κ1) is 14.2. The molecule has 3 aromatic carbocycles. The van der Waals surface area contributed by atoms with Crippen molar-refractivity contribution in [2.45, 2.75) is 17.7 Å². The molecule has 0 aromatic heterocycles. The number of fused-ring (bicyclic) bond motifs is 2. The van der Waals surface area contributed by atoms with Crippen LogP contribution in [0.4, 0.5) is 0 Å². The summed E-state index contributed by atoms with van der Waals surface area (Å²) in [7, 11) is -3.44. The minimum Gasteiger partial charge on any atom is -0.219 e. The van der Waals surface area contributed by atoms with Gasteiger partial charge in [0.1, 0.15) is 0 Å². The van der Waals surface area contributed by atoms with Gasteiger partial charge >= 0.3 is 0 Å². The Hall–Kier alpha value is -2.39. The van der Waals surface area contributed by atoms with Crippen molar-refractivity contribution in [3.05, 3.63) is 82.8 Å². The van der Waals surface area contributed by atoms with Gasteiger partial charge in [0.25, 0.3) is 0 Å². The van der Waals surface area contributed by atoms with Crippen LogP contribution in [0.5, 0.6) is 0 Å². The van der Waals surface area contributed by atoms with Crippen molar-refractivity contribution >= 4 is 26.7 Å². The van der Waals surface area contributed by atoms with Crippen LogP contribution in [-0.4, -0.2) is 8.42 Å². The number of rotatable bonds is 2. The zero-order valence-electron chi connectivity index (χ0n) is 12.6. The molecule has 0 atom stereocenters. The minimum atomic E-state index is -3.44. The molecule has 0 spiro atoms. The lowest BCUT2D eigenvalue weighted by molar-refractivity contribution is 0.600. The van der Waals surface area contributed by atoms with Crippen molar-refractivity contribution in [3.63, 3.8) is 0 Å². The summed E-state index contributed by atoms with van der Waals surface area (Å²) in [5.74, 6) is 0. The van der Waals surface area contributed by atoms with Crippen molar-refractivity contribution in [2.75, 3.05) is 0 Å². The topological polar surface area (TPSA) is 34.1 Å². The van der Waals surface area contributed by atoms with E-state index in [-0.39, 0.29) is 0 Å². The van der Waals surface area contributed by atoms with Crippen molar-refractivity contribution in [2.24, 2.45) is 0 Å². The molecule has 114 valence electrons. The number of benzene rings is 3. The highest BCUT2D eigenvalue weighted by atomic mass is 32.2.